The Labute approximate surface area is 95.3 Å². The van der Waals surface area contributed by atoms with E-state index < -0.39 is 11.8 Å². The third-order valence-corrected chi connectivity index (χ3v) is 2.24. The first-order chi connectivity index (χ1) is 8.02. The van der Waals surface area contributed by atoms with Crippen LogP contribution in [0.2, 0.25) is 0 Å². The number of carboxylic acids is 1. The van der Waals surface area contributed by atoms with E-state index in [4.69, 9.17) is 16.6 Å². The second-order valence-electron chi connectivity index (χ2n) is 3.31. The van der Waals surface area contributed by atoms with Crippen molar-refractivity contribution < 1.29 is 14.3 Å². The molecular formula is C10H9FN4O2. The van der Waals surface area contributed by atoms with Crippen LogP contribution in [0.4, 0.5) is 16.0 Å². The molecule has 0 amide bonds. The molecule has 17 heavy (non-hydrogen) atoms. The highest BCUT2D eigenvalue weighted by atomic mass is 19.1. The summed E-state index contributed by atoms with van der Waals surface area (Å²) < 4.78 is 14.5. The number of halogens is 1. The minimum absolute atomic E-state index is 0.0456. The fourth-order valence-electron chi connectivity index (χ4n) is 1.47. The van der Waals surface area contributed by atoms with E-state index in [1.54, 1.807) is 6.07 Å². The maximum absolute atomic E-state index is 13.5. The van der Waals surface area contributed by atoms with Crippen LogP contribution >= 0.6 is 0 Å². The average molecular weight is 236 g/mol. The summed E-state index contributed by atoms with van der Waals surface area (Å²) >= 11 is 0. The fourth-order valence-corrected chi connectivity index (χ4v) is 1.47. The van der Waals surface area contributed by atoms with Gasteiger partial charge >= 0.3 is 5.97 Å². The van der Waals surface area contributed by atoms with E-state index in [1.165, 1.54) is 18.2 Å². The van der Waals surface area contributed by atoms with Gasteiger partial charge in [0.15, 0.2) is 5.82 Å². The highest BCUT2D eigenvalue weighted by Crippen LogP contribution is 2.23. The number of anilines is 2. The third kappa shape index (κ3) is 1.67. The molecule has 1 aromatic carbocycles. The van der Waals surface area contributed by atoms with E-state index in [2.05, 4.69) is 5.10 Å². The lowest BCUT2D eigenvalue weighted by Gasteiger charge is -2.04. The van der Waals surface area contributed by atoms with E-state index >= 15 is 0 Å². The van der Waals surface area contributed by atoms with Crippen LogP contribution in [0, 0.1) is 5.82 Å². The lowest BCUT2D eigenvalue weighted by molar-refractivity contribution is 0.0699. The highest BCUT2D eigenvalue weighted by Gasteiger charge is 2.21. The van der Waals surface area contributed by atoms with Gasteiger partial charge in [-0.05, 0) is 12.1 Å². The largest absolute Gasteiger partial charge is 0.477 e. The molecule has 0 aliphatic rings. The van der Waals surface area contributed by atoms with Gasteiger partial charge in [-0.25, -0.2) is 13.9 Å². The first kappa shape index (κ1) is 10.9. The van der Waals surface area contributed by atoms with Crippen molar-refractivity contribution in [2.45, 2.75) is 0 Å². The highest BCUT2D eigenvalue weighted by molar-refractivity contribution is 5.98. The lowest BCUT2D eigenvalue weighted by atomic mass is 10.3. The van der Waals surface area contributed by atoms with Crippen molar-refractivity contribution >= 4 is 17.6 Å². The Balaban J connectivity index is 2.66. The first-order valence-corrected chi connectivity index (χ1v) is 4.64. The van der Waals surface area contributed by atoms with Crippen LogP contribution in [0.1, 0.15) is 10.4 Å². The average Bonchev–Trinajstić information content (AvgIpc) is 2.55. The number of nitrogens with two attached hydrogens (primary N) is 2. The minimum Gasteiger partial charge on any atom is -0.477 e. The van der Waals surface area contributed by atoms with Gasteiger partial charge < -0.3 is 16.6 Å². The Morgan fingerprint density at radius 3 is 2.53 bits per heavy atom. The number of benzene rings is 1. The summed E-state index contributed by atoms with van der Waals surface area (Å²) in [5.41, 5.74) is 10.7. The fraction of sp³-hybridized carbons (Fsp3) is 0. The van der Waals surface area contributed by atoms with Crippen LogP contribution < -0.4 is 11.5 Å². The van der Waals surface area contributed by atoms with Crippen LogP contribution in [0.15, 0.2) is 24.3 Å². The number of hydrogen-bond acceptors (Lipinski definition) is 4. The van der Waals surface area contributed by atoms with Gasteiger partial charge in [-0.3, -0.25) is 0 Å². The number of aromatic carboxylic acids is 1. The first-order valence-electron chi connectivity index (χ1n) is 4.64. The van der Waals surface area contributed by atoms with Crippen LogP contribution in [0.25, 0.3) is 5.69 Å². The molecule has 5 N–H and O–H groups in total. The van der Waals surface area contributed by atoms with Gasteiger partial charge in [0.2, 0.25) is 0 Å². The summed E-state index contributed by atoms with van der Waals surface area (Å²) in [6, 6.07) is 5.72. The Kier molecular flexibility index (Phi) is 2.43. The van der Waals surface area contributed by atoms with Gasteiger partial charge in [0.1, 0.15) is 22.9 Å². The van der Waals surface area contributed by atoms with Crippen molar-refractivity contribution in [1.29, 1.82) is 0 Å². The topological polar surface area (TPSA) is 107 Å². The normalized spacial score (nSPS) is 10.4. The van der Waals surface area contributed by atoms with Gasteiger partial charge in [-0.15, -0.1) is 5.10 Å². The summed E-state index contributed by atoms with van der Waals surface area (Å²) in [6.07, 6.45) is 0. The van der Waals surface area contributed by atoms with Crippen molar-refractivity contribution in [3.63, 3.8) is 0 Å². The maximum Gasteiger partial charge on any atom is 0.343 e. The SMILES string of the molecule is Nc1nn(-c2ccccc2F)c(N)c1C(=O)O. The van der Waals surface area contributed by atoms with Crippen LogP contribution in [-0.4, -0.2) is 20.9 Å². The third-order valence-electron chi connectivity index (χ3n) is 2.24. The van der Waals surface area contributed by atoms with Gasteiger partial charge in [0.25, 0.3) is 0 Å². The molecule has 1 heterocycles. The smallest absolute Gasteiger partial charge is 0.343 e. The van der Waals surface area contributed by atoms with Crippen molar-refractivity contribution in [2.75, 3.05) is 11.5 Å². The molecule has 0 radical (unpaired) electrons. The Bertz CT molecular complexity index is 594. The van der Waals surface area contributed by atoms with E-state index in [-0.39, 0.29) is 22.9 Å². The molecular weight excluding hydrogens is 227 g/mol. The summed E-state index contributed by atoms with van der Waals surface area (Å²) in [6.45, 7) is 0. The second kappa shape index (κ2) is 3.78. The standard InChI is InChI=1S/C10H9FN4O2/c11-5-3-1-2-4-6(5)15-9(13)7(10(16)17)8(12)14-15/h1-4H,13H2,(H2,12,14)(H,16,17). The van der Waals surface area contributed by atoms with Gasteiger partial charge in [0, 0.05) is 0 Å². The molecule has 6 nitrogen and oxygen atoms in total. The molecule has 2 rings (SSSR count). The molecule has 1 aromatic heterocycles. The molecule has 0 unspecified atom stereocenters. The molecule has 0 saturated carbocycles. The molecule has 0 spiro atoms. The molecule has 7 heteroatoms. The number of aromatic nitrogens is 2. The van der Waals surface area contributed by atoms with Crippen LogP contribution in [0.3, 0.4) is 0 Å². The zero-order chi connectivity index (χ0) is 12.6. The summed E-state index contributed by atoms with van der Waals surface area (Å²) in [4.78, 5) is 10.9. The number of nitrogen functional groups attached to an aromatic ring is 2. The second-order valence-corrected chi connectivity index (χ2v) is 3.31. The van der Waals surface area contributed by atoms with E-state index in [0.29, 0.717) is 0 Å². The van der Waals surface area contributed by atoms with Crippen LogP contribution in [0.5, 0.6) is 0 Å². The van der Waals surface area contributed by atoms with Gasteiger partial charge in [0.05, 0.1) is 0 Å². The zero-order valence-corrected chi connectivity index (χ0v) is 8.59. The summed E-state index contributed by atoms with van der Waals surface area (Å²) in [7, 11) is 0. The van der Waals surface area contributed by atoms with Crippen molar-refractivity contribution in [1.82, 2.24) is 9.78 Å². The number of carboxylic acid groups (broad SMARTS) is 1. The number of rotatable bonds is 2. The molecule has 0 aliphatic heterocycles. The maximum atomic E-state index is 13.5. The van der Waals surface area contributed by atoms with Crippen molar-refractivity contribution in [3.8, 4) is 5.69 Å². The quantitative estimate of drug-likeness (QED) is 0.717. The molecule has 0 bridgehead atoms. The summed E-state index contributed by atoms with van der Waals surface area (Å²) in [5.74, 6) is -2.33. The van der Waals surface area contributed by atoms with E-state index in [0.717, 1.165) is 4.68 Å². The lowest BCUT2D eigenvalue weighted by Crippen LogP contribution is -2.07. The molecule has 2 aromatic rings. The molecule has 0 atom stereocenters. The minimum atomic E-state index is -1.30. The van der Waals surface area contributed by atoms with Gasteiger partial charge in [-0.2, -0.15) is 0 Å². The number of carbonyl (C=O) groups is 1. The number of para-hydroxylation sites is 1. The van der Waals surface area contributed by atoms with E-state index in [9.17, 15) is 9.18 Å². The summed E-state index contributed by atoms with van der Waals surface area (Å²) in [5, 5.41) is 12.6. The van der Waals surface area contributed by atoms with Gasteiger partial charge in [-0.1, -0.05) is 12.1 Å². The molecule has 0 aliphatic carbocycles. The Morgan fingerprint density at radius 1 is 1.35 bits per heavy atom. The van der Waals surface area contributed by atoms with E-state index in [1.807, 2.05) is 0 Å². The van der Waals surface area contributed by atoms with Crippen molar-refractivity contribution in [3.05, 3.63) is 35.6 Å². The molecule has 0 fully saturated rings. The number of nitrogens with zero attached hydrogens (tertiary/aromatic N) is 2. The number of hydrogen-bond donors (Lipinski definition) is 3. The monoisotopic (exact) mass is 236 g/mol. The Hall–Kier alpha value is -2.57. The van der Waals surface area contributed by atoms with Crippen molar-refractivity contribution in [2.24, 2.45) is 0 Å². The predicted molar refractivity (Wildman–Crippen MR) is 59.3 cm³/mol. The zero-order valence-electron chi connectivity index (χ0n) is 8.59. The molecule has 88 valence electrons. The molecule has 0 saturated heterocycles. The predicted octanol–water partition coefficient (Wildman–Crippen LogP) is 0.874. The van der Waals surface area contributed by atoms with Crippen LogP contribution in [-0.2, 0) is 0 Å². The Morgan fingerprint density at radius 2 is 2.00 bits per heavy atom.